The number of hydrogen-bond donors (Lipinski definition) is 1. The van der Waals surface area contributed by atoms with Crippen LogP contribution in [0, 0.1) is 0 Å². The molecule has 0 aliphatic rings. The number of rotatable bonds is 7. The minimum absolute atomic E-state index is 0.0413. The SMILES string of the molecule is CCOC(=O)[C@@](NC(=O)OCc1ccccc1)(C(F)(F)F)[C@@](C)(Cl)c1ccccc1. The molecule has 0 aromatic heterocycles. The molecule has 162 valence electrons. The maximum atomic E-state index is 14.4. The summed E-state index contributed by atoms with van der Waals surface area (Å²) >= 11 is 6.37. The molecule has 0 spiro atoms. The Labute approximate surface area is 177 Å². The molecule has 9 heteroatoms. The summed E-state index contributed by atoms with van der Waals surface area (Å²) in [4.78, 5) is 22.6. The van der Waals surface area contributed by atoms with Crippen LogP contribution in [0.15, 0.2) is 60.7 Å². The summed E-state index contributed by atoms with van der Waals surface area (Å²) in [5.41, 5.74) is -3.09. The second-order valence-electron chi connectivity index (χ2n) is 6.52. The summed E-state index contributed by atoms with van der Waals surface area (Å²) in [5, 5.41) is 1.67. The molecule has 0 saturated heterocycles. The van der Waals surface area contributed by atoms with Crippen molar-refractivity contribution in [2.45, 2.75) is 37.0 Å². The van der Waals surface area contributed by atoms with Crippen molar-refractivity contribution in [1.29, 1.82) is 0 Å². The fourth-order valence-corrected chi connectivity index (χ4v) is 3.29. The highest BCUT2D eigenvalue weighted by Gasteiger charge is 2.72. The summed E-state index contributed by atoms with van der Waals surface area (Å²) in [6.07, 6.45) is -6.77. The summed E-state index contributed by atoms with van der Waals surface area (Å²) in [5.74, 6) is -1.74. The molecule has 0 aliphatic carbocycles. The van der Waals surface area contributed by atoms with Gasteiger partial charge in [-0.15, -0.1) is 11.6 Å². The predicted octanol–water partition coefficient (Wildman–Crippen LogP) is 4.93. The number of nitrogens with one attached hydrogen (secondary N) is 1. The molecule has 0 bridgehead atoms. The van der Waals surface area contributed by atoms with Gasteiger partial charge in [-0.25, -0.2) is 9.59 Å². The molecule has 0 aliphatic heterocycles. The molecule has 0 radical (unpaired) electrons. The van der Waals surface area contributed by atoms with E-state index in [2.05, 4.69) is 0 Å². The molecular weight excluding hydrogens is 423 g/mol. The first-order valence-corrected chi connectivity index (χ1v) is 9.41. The van der Waals surface area contributed by atoms with Crippen molar-refractivity contribution in [3.05, 3.63) is 71.8 Å². The normalized spacial score (nSPS) is 15.4. The molecule has 2 aromatic carbocycles. The standard InChI is InChI=1S/C21H21ClF3NO4/c1-3-29-17(27)20(21(23,24)25,19(2,22)16-12-8-5-9-13-16)26-18(28)30-14-15-10-6-4-7-11-15/h4-13H,3,14H2,1-2H3,(H,26,28)/t19-,20-/m0/s1. The minimum atomic E-state index is -5.31. The lowest BCUT2D eigenvalue weighted by Gasteiger charge is -2.43. The monoisotopic (exact) mass is 443 g/mol. The lowest BCUT2D eigenvalue weighted by molar-refractivity contribution is -0.220. The topological polar surface area (TPSA) is 64.6 Å². The van der Waals surface area contributed by atoms with Crippen molar-refractivity contribution >= 4 is 23.7 Å². The average Bonchev–Trinajstić information content (AvgIpc) is 2.71. The van der Waals surface area contributed by atoms with E-state index >= 15 is 0 Å². The molecular formula is C21H21ClF3NO4. The van der Waals surface area contributed by atoms with E-state index in [-0.39, 0.29) is 18.8 Å². The van der Waals surface area contributed by atoms with Gasteiger partial charge in [0.15, 0.2) is 0 Å². The van der Waals surface area contributed by atoms with E-state index in [1.54, 1.807) is 41.7 Å². The van der Waals surface area contributed by atoms with Gasteiger partial charge in [0.25, 0.3) is 5.54 Å². The lowest BCUT2D eigenvalue weighted by Crippen LogP contribution is -2.72. The number of esters is 1. The Hall–Kier alpha value is -2.74. The van der Waals surface area contributed by atoms with Gasteiger partial charge in [-0.3, -0.25) is 5.32 Å². The molecule has 2 atom stereocenters. The molecule has 5 nitrogen and oxygen atoms in total. The van der Waals surface area contributed by atoms with Crippen molar-refractivity contribution in [3.63, 3.8) is 0 Å². The summed E-state index contributed by atoms with van der Waals surface area (Å²) in [6.45, 7) is 1.69. The first kappa shape index (κ1) is 23.5. The Morgan fingerprint density at radius 3 is 2.00 bits per heavy atom. The van der Waals surface area contributed by atoms with E-state index in [0.717, 1.165) is 6.92 Å². The lowest BCUT2D eigenvalue weighted by atomic mass is 9.78. The van der Waals surface area contributed by atoms with Gasteiger partial charge in [-0.05, 0) is 25.0 Å². The van der Waals surface area contributed by atoms with Crippen molar-refractivity contribution in [3.8, 4) is 0 Å². The molecule has 0 fully saturated rings. The third kappa shape index (κ3) is 4.70. The Morgan fingerprint density at radius 1 is 0.967 bits per heavy atom. The number of carbonyl (C=O) groups excluding carboxylic acids is 2. The highest BCUT2D eigenvalue weighted by Crippen LogP contribution is 2.49. The maximum Gasteiger partial charge on any atom is 0.424 e. The van der Waals surface area contributed by atoms with E-state index in [0.29, 0.717) is 5.56 Å². The Bertz CT molecular complexity index is 860. The fourth-order valence-electron chi connectivity index (χ4n) is 2.93. The van der Waals surface area contributed by atoms with Crippen LogP contribution in [0.1, 0.15) is 25.0 Å². The predicted molar refractivity (Wildman–Crippen MR) is 105 cm³/mol. The number of ether oxygens (including phenoxy) is 2. The Morgan fingerprint density at radius 2 is 1.50 bits per heavy atom. The zero-order valence-electron chi connectivity index (χ0n) is 16.3. The van der Waals surface area contributed by atoms with Crippen LogP contribution in [0.2, 0.25) is 0 Å². The summed E-state index contributed by atoms with van der Waals surface area (Å²) in [6, 6.07) is 15.5. The van der Waals surface area contributed by atoms with Crippen LogP contribution in [0.5, 0.6) is 0 Å². The van der Waals surface area contributed by atoms with E-state index in [4.69, 9.17) is 21.1 Å². The van der Waals surface area contributed by atoms with Crippen LogP contribution >= 0.6 is 11.6 Å². The first-order chi connectivity index (χ1) is 14.1. The van der Waals surface area contributed by atoms with Crippen molar-refractivity contribution in [2.24, 2.45) is 0 Å². The smallest absolute Gasteiger partial charge is 0.424 e. The average molecular weight is 444 g/mol. The number of benzene rings is 2. The number of alkyl halides is 4. The summed E-state index contributed by atoms with van der Waals surface area (Å²) < 4.78 is 52.8. The van der Waals surface area contributed by atoms with Crippen LogP contribution in [0.4, 0.5) is 18.0 Å². The molecule has 1 N–H and O–H groups in total. The van der Waals surface area contributed by atoms with E-state index < -0.39 is 28.7 Å². The van der Waals surface area contributed by atoms with Gasteiger partial charge in [-0.1, -0.05) is 60.7 Å². The molecule has 30 heavy (non-hydrogen) atoms. The number of amides is 1. The van der Waals surface area contributed by atoms with Crippen LogP contribution < -0.4 is 5.32 Å². The molecule has 0 heterocycles. The fraction of sp³-hybridized carbons (Fsp3) is 0.333. The van der Waals surface area contributed by atoms with Crippen LogP contribution in [-0.4, -0.2) is 30.4 Å². The molecule has 2 aromatic rings. The quantitative estimate of drug-likeness (QED) is 0.486. The van der Waals surface area contributed by atoms with E-state index in [1.165, 1.54) is 31.2 Å². The number of halogens is 4. The van der Waals surface area contributed by atoms with Gasteiger partial charge >= 0.3 is 18.2 Å². The van der Waals surface area contributed by atoms with Gasteiger partial charge in [0.05, 0.1) is 6.61 Å². The second-order valence-corrected chi connectivity index (χ2v) is 7.28. The van der Waals surface area contributed by atoms with Gasteiger partial charge in [-0.2, -0.15) is 13.2 Å². The highest BCUT2D eigenvalue weighted by molar-refractivity contribution is 6.27. The van der Waals surface area contributed by atoms with E-state index in [9.17, 15) is 22.8 Å². The highest BCUT2D eigenvalue weighted by atomic mass is 35.5. The van der Waals surface area contributed by atoms with Crippen molar-refractivity contribution in [2.75, 3.05) is 6.61 Å². The minimum Gasteiger partial charge on any atom is -0.464 e. The molecule has 1 amide bonds. The van der Waals surface area contributed by atoms with Gasteiger partial charge in [0.2, 0.25) is 0 Å². The molecule has 0 unspecified atom stereocenters. The van der Waals surface area contributed by atoms with E-state index in [1.807, 2.05) is 0 Å². The number of alkyl carbamates (subject to hydrolysis) is 1. The second kappa shape index (κ2) is 9.38. The first-order valence-electron chi connectivity index (χ1n) is 9.03. The third-order valence-electron chi connectivity index (χ3n) is 4.53. The Balaban J connectivity index is 2.46. The number of carbonyl (C=O) groups is 2. The zero-order valence-corrected chi connectivity index (χ0v) is 17.1. The summed E-state index contributed by atoms with van der Waals surface area (Å²) in [7, 11) is 0. The number of hydrogen-bond acceptors (Lipinski definition) is 4. The van der Waals surface area contributed by atoms with Crippen LogP contribution in [-0.2, 0) is 25.7 Å². The van der Waals surface area contributed by atoms with Crippen molar-refractivity contribution in [1.82, 2.24) is 5.32 Å². The van der Waals surface area contributed by atoms with Gasteiger partial charge in [0, 0.05) is 0 Å². The van der Waals surface area contributed by atoms with Crippen molar-refractivity contribution < 1.29 is 32.2 Å². The van der Waals surface area contributed by atoms with Crippen LogP contribution in [0.25, 0.3) is 0 Å². The third-order valence-corrected chi connectivity index (χ3v) is 5.03. The molecule has 0 saturated carbocycles. The Kier molecular flexibility index (Phi) is 7.36. The molecule has 2 rings (SSSR count). The van der Waals surface area contributed by atoms with Gasteiger partial charge in [0.1, 0.15) is 11.5 Å². The van der Waals surface area contributed by atoms with Crippen LogP contribution in [0.3, 0.4) is 0 Å². The zero-order chi connectivity index (χ0) is 22.4. The van der Waals surface area contributed by atoms with Gasteiger partial charge < -0.3 is 9.47 Å². The largest absolute Gasteiger partial charge is 0.464 e. The maximum absolute atomic E-state index is 14.4.